The van der Waals surface area contributed by atoms with Crippen LogP contribution in [0.2, 0.25) is 0 Å². The lowest BCUT2D eigenvalue weighted by Crippen LogP contribution is -2.25. The molecule has 2 amide bonds. The molecule has 8 heteroatoms. The third kappa shape index (κ3) is 5.34. The first-order chi connectivity index (χ1) is 17.6. The number of rotatable bonds is 7. The Kier molecular flexibility index (Phi) is 6.86. The van der Waals surface area contributed by atoms with Gasteiger partial charge in [0.25, 0.3) is 11.8 Å². The van der Waals surface area contributed by atoms with Gasteiger partial charge in [-0.15, -0.1) is 11.3 Å². The molecule has 4 aromatic rings. The number of thiazole rings is 1. The maximum atomic E-state index is 12.9. The topological polar surface area (TPSA) is 87.2 Å². The Morgan fingerprint density at radius 3 is 2.81 bits per heavy atom. The van der Waals surface area contributed by atoms with Crippen LogP contribution < -0.4 is 10.6 Å². The smallest absolute Gasteiger partial charge is 0.263 e. The molecule has 0 saturated carbocycles. The summed E-state index contributed by atoms with van der Waals surface area (Å²) < 4.78 is 0. The fourth-order valence-corrected chi connectivity index (χ4v) is 4.93. The Morgan fingerprint density at radius 2 is 1.97 bits per heavy atom. The van der Waals surface area contributed by atoms with Crippen LogP contribution in [-0.2, 0) is 19.5 Å². The predicted molar refractivity (Wildman–Crippen MR) is 142 cm³/mol. The van der Waals surface area contributed by atoms with E-state index in [1.807, 2.05) is 42.6 Å². The fraction of sp³-hybridized carbons (Fsp3) is 0.143. The van der Waals surface area contributed by atoms with Crippen molar-refractivity contribution in [3.05, 3.63) is 113 Å². The third-order valence-electron chi connectivity index (χ3n) is 6.04. The second kappa shape index (κ2) is 10.5. The van der Waals surface area contributed by atoms with Gasteiger partial charge < -0.3 is 15.5 Å². The molecule has 0 atom stereocenters. The molecule has 0 radical (unpaired) electrons. The van der Waals surface area contributed by atoms with Gasteiger partial charge in [0, 0.05) is 48.8 Å². The normalized spacial score (nSPS) is 12.5. The number of hydrogen-bond donors (Lipinski definition) is 2. The van der Waals surface area contributed by atoms with Crippen molar-refractivity contribution >= 4 is 28.8 Å². The van der Waals surface area contributed by atoms with Gasteiger partial charge >= 0.3 is 0 Å². The molecule has 36 heavy (non-hydrogen) atoms. The van der Waals surface area contributed by atoms with Crippen LogP contribution in [-0.4, -0.2) is 33.2 Å². The number of pyridine rings is 1. The molecule has 0 bridgehead atoms. The van der Waals surface area contributed by atoms with Crippen molar-refractivity contribution in [2.45, 2.75) is 19.5 Å². The molecular weight excluding hydrogens is 470 g/mol. The van der Waals surface area contributed by atoms with Crippen LogP contribution in [0.3, 0.4) is 0 Å². The number of amides is 2. The van der Waals surface area contributed by atoms with Crippen LogP contribution in [0.4, 0.5) is 5.69 Å². The Balaban J connectivity index is 1.21. The molecule has 7 nitrogen and oxygen atoms in total. The van der Waals surface area contributed by atoms with Gasteiger partial charge in [-0.2, -0.15) is 0 Å². The fourth-order valence-electron chi connectivity index (χ4n) is 4.11. The zero-order valence-corrected chi connectivity index (χ0v) is 20.4. The molecule has 0 spiro atoms. The molecule has 2 aromatic carbocycles. The van der Waals surface area contributed by atoms with Crippen LogP contribution >= 0.6 is 11.3 Å². The number of nitrogens with one attached hydrogen (secondary N) is 2. The van der Waals surface area contributed by atoms with Crippen molar-refractivity contribution in [3.8, 4) is 10.6 Å². The Morgan fingerprint density at radius 1 is 1.06 bits per heavy atom. The van der Waals surface area contributed by atoms with Crippen molar-refractivity contribution in [2.75, 3.05) is 11.9 Å². The summed E-state index contributed by atoms with van der Waals surface area (Å²) in [6.45, 7) is 5.91. The van der Waals surface area contributed by atoms with E-state index in [1.54, 1.807) is 30.7 Å². The summed E-state index contributed by atoms with van der Waals surface area (Å²) in [5, 5.41) is 6.65. The highest BCUT2D eigenvalue weighted by Crippen LogP contribution is 2.25. The largest absolute Gasteiger partial charge is 0.373 e. The third-order valence-corrected chi connectivity index (χ3v) is 7.09. The van der Waals surface area contributed by atoms with E-state index in [9.17, 15) is 9.59 Å². The van der Waals surface area contributed by atoms with Crippen LogP contribution in [0.1, 0.15) is 36.7 Å². The molecule has 180 valence electrons. The highest BCUT2D eigenvalue weighted by atomic mass is 32.1. The van der Waals surface area contributed by atoms with Crippen LogP contribution in [0.15, 0.2) is 86.0 Å². The second-order valence-corrected chi connectivity index (χ2v) is 9.53. The Bertz CT molecular complexity index is 1420. The zero-order valence-electron chi connectivity index (χ0n) is 19.6. The van der Waals surface area contributed by atoms with Crippen LogP contribution in [0, 0.1) is 0 Å². The number of carbonyl (C=O) groups excluding carboxylic acids is 2. The van der Waals surface area contributed by atoms with Gasteiger partial charge in [-0.25, -0.2) is 4.98 Å². The maximum absolute atomic E-state index is 12.9. The highest BCUT2D eigenvalue weighted by Gasteiger charge is 2.16. The molecule has 0 saturated heterocycles. The second-order valence-electron chi connectivity index (χ2n) is 8.50. The first kappa shape index (κ1) is 23.4. The average molecular weight is 496 g/mol. The number of hydrogen-bond acceptors (Lipinski definition) is 6. The van der Waals surface area contributed by atoms with E-state index in [-0.39, 0.29) is 11.8 Å². The van der Waals surface area contributed by atoms with Crippen molar-refractivity contribution in [3.63, 3.8) is 0 Å². The lowest BCUT2D eigenvalue weighted by atomic mass is 9.99. The van der Waals surface area contributed by atoms with Gasteiger partial charge in [0.15, 0.2) is 0 Å². The predicted octanol–water partition coefficient (Wildman–Crippen LogP) is 4.89. The Labute approximate surface area is 213 Å². The first-order valence-corrected chi connectivity index (χ1v) is 12.4. The van der Waals surface area contributed by atoms with Crippen molar-refractivity contribution in [2.24, 2.45) is 0 Å². The van der Waals surface area contributed by atoms with E-state index in [0.29, 0.717) is 17.0 Å². The van der Waals surface area contributed by atoms with E-state index >= 15 is 0 Å². The molecular formula is C28H25N5O2S. The number of benzene rings is 2. The van der Waals surface area contributed by atoms with Crippen molar-refractivity contribution < 1.29 is 9.59 Å². The van der Waals surface area contributed by atoms with Gasteiger partial charge in [0.1, 0.15) is 9.88 Å². The highest BCUT2D eigenvalue weighted by molar-refractivity contribution is 7.16. The minimum Gasteiger partial charge on any atom is -0.373 e. The summed E-state index contributed by atoms with van der Waals surface area (Å²) in [4.78, 5) is 36.7. The maximum Gasteiger partial charge on any atom is 0.263 e. The van der Waals surface area contributed by atoms with Crippen molar-refractivity contribution in [1.29, 1.82) is 0 Å². The minimum absolute atomic E-state index is 0.192. The van der Waals surface area contributed by atoms with Gasteiger partial charge in [-0.3, -0.25) is 14.6 Å². The van der Waals surface area contributed by atoms with Crippen LogP contribution in [0.5, 0.6) is 0 Å². The SMILES string of the molecule is C=CN1CCc2ccc(NC(=O)c3cccc(CNC(=O)c4cnc(-c5cccnc5)s4)c3)cc2C1. The quantitative estimate of drug-likeness (QED) is 0.381. The number of anilines is 1. The number of fused-ring (bicyclic) bond motifs is 1. The summed E-state index contributed by atoms with van der Waals surface area (Å²) in [5.74, 6) is -0.400. The van der Waals surface area contributed by atoms with Gasteiger partial charge in [-0.1, -0.05) is 24.8 Å². The number of nitrogens with zero attached hydrogens (tertiary/aromatic N) is 3. The molecule has 3 heterocycles. The van der Waals surface area contributed by atoms with Gasteiger partial charge in [0.2, 0.25) is 0 Å². The van der Waals surface area contributed by atoms with Crippen LogP contribution in [0.25, 0.3) is 10.6 Å². The average Bonchev–Trinajstić information content (AvgIpc) is 3.42. The Hall–Kier alpha value is -4.30. The number of aromatic nitrogens is 2. The summed E-state index contributed by atoms with van der Waals surface area (Å²) in [7, 11) is 0. The minimum atomic E-state index is -0.208. The van der Waals surface area contributed by atoms with Gasteiger partial charge in [0.05, 0.1) is 6.20 Å². The molecule has 1 aliphatic heterocycles. The molecule has 0 unspecified atom stereocenters. The molecule has 0 aliphatic carbocycles. The lowest BCUT2D eigenvalue weighted by molar-refractivity contribution is 0.0954. The molecule has 0 fully saturated rings. The summed E-state index contributed by atoms with van der Waals surface area (Å²) in [6, 6.07) is 17.1. The van der Waals surface area contributed by atoms with E-state index in [4.69, 9.17) is 0 Å². The zero-order chi connectivity index (χ0) is 24.9. The summed E-state index contributed by atoms with van der Waals surface area (Å²) in [6.07, 6.45) is 7.81. The van der Waals surface area contributed by atoms with E-state index < -0.39 is 0 Å². The first-order valence-electron chi connectivity index (χ1n) is 11.6. The van der Waals surface area contributed by atoms with E-state index in [2.05, 4.69) is 38.1 Å². The molecule has 5 rings (SSSR count). The van der Waals surface area contributed by atoms with Gasteiger partial charge in [-0.05, 0) is 65.7 Å². The monoisotopic (exact) mass is 495 g/mol. The number of carbonyl (C=O) groups is 2. The van der Waals surface area contributed by atoms with E-state index in [0.717, 1.165) is 41.3 Å². The lowest BCUT2D eigenvalue weighted by Gasteiger charge is -2.27. The molecule has 2 aromatic heterocycles. The van der Waals surface area contributed by atoms with E-state index in [1.165, 1.54) is 22.5 Å². The summed E-state index contributed by atoms with van der Waals surface area (Å²) >= 11 is 1.31. The molecule has 1 aliphatic rings. The molecule has 2 N–H and O–H groups in total. The van der Waals surface area contributed by atoms with Crippen molar-refractivity contribution in [1.82, 2.24) is 20.2 Å². The standard InChI is InChI=1S/C28H25N5O2S/c1-2-33-12-10-20-8-9-24(14-23(20)18-33)32-26(34)21-6-3-5-19(13-21)15-30-27(35)25-17-31-28(36-25)22-7-4-11-29-16-22/h2-9,11,13-14,16-17H,1,10,12,15,18H2,(H,30,35)(H,32,34). The summed E-state index contributed by atoms with van der Waals surface area (Å²) in [5.41, 5.74) is 5.50.